The fraction of sp³-hybridized carbons (Fsp3) is 0.235. The molecule has 0 bridgehead atoms. The molecular weight excluding hydrogens is 399 g/mol. The minimum atomic E-state index is -4.59. The van der Waals surface area contributed by atoms with Gasteiger partial charge in [0.25, 0.3) is 0 Å². The summed E-state index contributed by atoms with van der Waals surface area (Å²) in [6.45, 7) is 0.0889. The molecule has 0 radical (unpaired) electrons. The van der Waals surface area contributed by atoms with Crippen LogP contribution in [0.4, 0.5) is 13.2 Å². The summed E-state index contributed by atoms with van der Waals surface area (Å²) in [6, 6.07) is 7.52. The maximum absolute atomic E-state index is 12.8. The van der Waals surface area contributed by atoms with Crippen LogP contribution < -0.4 is 4.72 Å². The van der Waals surface area contributed by atoms with E-state index in [0.717, 1.165) is 33.5 Å². The van der Waals surface area contributed by atoms with Crippen molar-refractivity contribution >= 4 is 21.4 Å². The summed E-state index contributed by atoms with van der Waals surface area (Å²) in [6.07, 6.45) is -0.535. The molecule has 0 fully saturated rings. The standard InChI is InChI=1S/C17H16F3N3O2S2/c1-23-11-12(10-21-23)16-6-5-14(26-16)7-8-22-27(24,25)15-4-2-3-13(9-15)17(18,19)20/h2-6,9-11,22H,7-8H2,1H3. The average molecular weight is 415 g/mol. The van der Waals surface area contributed by atoms with E-state index < -0.39 is 26.7 Å². The normalized spacial score (nSPS) is 12.4. The molecule has 0 amide bonds. The number of hydrogen-bond acceptors (Lipinski definition) is 4. The van der Waals surface area contributed by atoms with Gasteiger partial charge in [-0.15, -0.1) is 11.3 Å². The van der Waals surface area contributed by atoms with Crippen molar-refractivity contribution in [2.24, 2.45) is 7.05 Å². The van der Waals surface area contributed by atoms with E-state index in [9.17, 15) is 21.6 Å². The van der Waals surface area contributed by atoms with Crippen LogP contribution in [0.15, 0.2) is 53.7 Å². The summed E-state index contributed by atoms with van der Waals surface area (Å²) in [5.41, 5.74) is -0.0250. The number of hydrogen-bond donors (Lipinski definition) is 1. The SMILES string of the molecule is Cn1cc(-c2ccc(CCNS(=O)(=O)c3cccc(C(F)(F)F)c3)s2)cn1. The maximum atomic E-state index is 12.8. The Morgan fingerprint density at radius 2 is 2.00 bits per heavy atom. The molecule has 5 nitrogen and oxygen atoms in total. The van der Waals surface area contributed by atoms with E-state index in [2.05, 4.69) is 9.82 Å². The highest BCUT2D eigenvalue weighted by atomic mass is 32.2. The van der Waals surface area contributed by atoms with Crippen molar-refractivity contribution in [3.05, 3.63) is 59.2 Å². The smallest absolute Gasteiger partial charge is 0.275 e. The minimum absolute atomic E-state index is 0.0889. The van der Waals surface area contributed by atoms with E-state index in [4.69, 9.17) is 0 Å². The largest absolute Gasteiger partial charge is 0.416 e. The molecule has 0 atom stereocenters. The minimum Gasteiger partial charge on any atom is -0.275 e. The third-order valence-electron chi connectivity index (χ3n) is 3.79. The fourth-order valence-corrected chi connectivity index (χ4v) is 4.51. The summed E-state index contributed by atoms with van der Waals surface area (Å²) in [4.78, 5) is 1.57. The molecule has 2 heterocycles. The first kappa shape index (κ1) is 19.6. The van der Waals surface area contributed by atoms with E-state index in [1.807, 2.05) is 25.4 Å². The van der Waals surface area contributed by atoms with Crippen LogP contribution >= 0.6 is 11.3 Å². The monoisotopic (exact) mass is 415 g/mol. The summed E-state index contributed by atoms with van der Waals surface area (Å²) < 4.78 is 66.8. The van der Waals surface area contributed by atoms with Gasteiger partial charge < -0.3 is 0 Å². The summed E-state index contributed by atoms with van der Waals surface area (Å²) in [7, 11) is -2.19. The van der Waals surface area contributed by atoms with Crippen LogP contribution in [0, 0.1) is 0 Å². The van der Waals surface area contributed by atoms with Crippen molar-refractivity contribution < 1.29 is 21.6 Å². The molecule has 27 heavy (non-hydrogen) atoms. The number of nitrogens with one attached hydrogen (secondary N) is 1. The molecule has 1 aromatic carbocycles. The van der Waals surface area contributed by atoms with Crippen molar-refractivity contribution in [2.75, 3.05) is 6.54 Å². The zero-order valence-electron chi connectivity index (χ0n) is 14.2. The topological polar surface area (TPSA) is 64.0 Å². The molecule has 0 unspecified atom stereocenters. The third-order valence-corrected chi connectivity index (χ3v) is 6.44. The zero-order chi connectivity index (χ0) is 19.7. The van der Waals surface area contributed by atoms with E-state index in [1.165, 1.54) is 11.3 Å². The van der Waals surface area contributed by atoms with Crippen molar-refractivity contribution in [2.45, 2.75) is 17.5 Å². The Morgan fingerprint density at radius 3 is 2.67 bits per heavy atom. The predicted molar refractivity (Wildman–Crippen MR) is 96.9 cm³/mol. The van der Waals surface area contributed by atoms with Crippen LogP contribution in [0.1, 0.15) is 10.4 Å². The first-order valence-corrected chi connectivity index (χ1v) is 10.2. The van der Waals surface area contributed by atoms with E-state index >= 15 is 0 Å². The number of aromatic nitrogens is 2. The Hall–Kier alpha value is -2.17. The van der Waals surface area contributed by atoms with E-state index in [-0.39, 0.29) is 6.54 Å². The van der Waals surface area contributed by atoms with Crippen molar-refractivity contribution in [3.63, 3.8) is 0 Å². The molecule has 0 aliphatic heterocycles. The highest BCUT2D eigenvalue weighted by Gasteiger charge is 2.31. The lowest BCUT2D eigenvalue weighted by Crippen LogP contribution is -2.26. The third kappa shape index (κ3) is 4.76. The Balaban J connectivity index is 1.64. The van der Waals surface area contributed by atoms with Crippen molar-refractivity contribution in [1.29, 1.82) is 0 Å². The molecule has 144 valence electrons. The van der Waals surface area contributed by atoms with Gasteiger partial charge >= 0.3 is 6.18 Å². The van der Waals surface area contributed by atoms with Crippen LogP contribution in [0.2, 0.25) is 0 Å². The molecule has 10 heteroatoms. The Bertz CT molecular complexity index is 1040. The number of nitrogens with zero attached hydrogens (tertiary/aromatic N) is 2. The van der Waals surface area contributed by atoms with Gasteiger partial charge in [-0.25, -0.2) is 13.1 Å². The molecule has 0 spiro atoms. The van der Waals surface area contributed by atoms with Gasteiger partial charge in [0.05, 0.1) is 16.7 Å². The van der Waals surface area contributed by atoms with Crippen LogP contribution in [-0.2, 0) is 29.7 Å². The average Bonchev–Trinajstić information content (AvgIpc) is 3.23. The van der Waals surface area contributed by atoms with Gasteiger partial charge in [-0.05, 0) is 36.8 Å². The molecule has 0 saturated heterocycles. The fourth-order valence-electron chi connectivity index (χ4n) is 2.45. The van der Waals surface area contributed by atoms with Crippen molar-refractivity contribution in [1.82, 2.24) is 14.5 Å². The quantitative estimate of drug-likeness (QED) is 0.668. The molecule has 0 aliphatic rings. The summed E-state index contributed by atoms with van der Waals surface area (Å²) in [5.74, 6) is 0. The number of halogens is 3. The van der Waals surface area contributed by atoms with Crippen LogP contribution in [0.5, 0.6) is 0 Å². The van der Waals surface area contributed by atoms with Crippen LogP contribution in [-0.4, -0.2) is 24.7 Å². The second-order valence-electron chi connectivity index (χ2n) is 5.84. The molecule has 1 N–H and O–H groups in total. The van der Waals surface area contributed by atoms with E-state index in [1.54, 1.807) is 10.9 Å². The molecular formula is C17H16F3N3O2S2. The van der Waals surface area contributed by atoms with Gasteiger partial charge in [-0.2, -0.15) is 18.3 Å². The predicted octanol–water partition coefficient (Wildman–Crippen LogP) is 3.69. The Kier molecular flexibility index (Phi) is 5.41. The van der Waals surface area contributed by atoms with Gasteiger partial charge in [-0.1, -0.05) is 6.07 Å². The number of sulfonamides is 1. The van der Waals surface area contributed by atoms with Gasteiger partial charge in [0.15, 0.2) is 0 Å². The number of alkyl halides is 3. The second kappa shape index (κ2) is 7.45. The van der Waals surface area contributed by atoms with Crippen molar-refractivity contribution in [3.8, 4) is 10.4 Å². The zero-order valence-corrected chi connectivity index (χ0v) is 15.8. The molecule has 3 aromatic rings. The molecule has 0 aliphatic carbocycles. The highest BCUT2D eigenvalue weighted by Crippen LogP contribution is 2.30. The Morgan fingerprint density at radius 1 is 1.22 bits per heavy atom. The number of benzene rings is 1. The van der Waals surface area contributed by atoms with Crippen LogP contribution in [0.25, 0.3) is 10.4 Å². The summed E-state index contributed by atoms with van der Waals surface area (Å²) in [5, 5.41) is 4.11. The van der Waals surface area contributed by atoms with Crippen LogP contribution in [0.3, 0.4) is 0 Å². The highest BCUT2D eigenvalue weighted by molar-refractivity contribution is 7.89. The van der Waals surface area contributed by atoms with Gasteiger partial charge in [0.2, 0.25) is 10.0 Å². The van der Waals surface area contributed by atoms with Gasteiger partial charge in [0.1, 0.15) is 0 Å². The first-order chi connectivity index (χ1) is 12.6. The lowest BCUT2D eigenvalue weighted by atomic mass is 10.2. The number of rotatable bonds is 6. The molecule has 2 aromatic heterocycles. The van der Waals surface area contributed by atoms with Gasteiger partial charge in [-0.3, -0.25) is 4.68 Å². The molecule has 3 rings (SSSR count). The lowest BCUT2D eigenvalue weighted by molar-refractivity contribution is -0.137. The second-order valence-corrected chi connectivity index (χ2v) is 8.78. The first-order valence-electron chi connectivity index (χ1n) is 7.90. The lowest BCUT2D eigenvalue weighted by Gasteiger charge is -2.10. The molecule has 0 saturated carbocycles. The van der Waals surface area contributed by atoms with E-state index in [0.29, 0.717) is 12.5 Å². The number of aryl methyl sites for hydroxylation is 1. The Labute approximate surface area is 158 Å². The van der Waals surface area contributed by atoms with Gasteiger partial charge in [0, 0.05) is 35.1 Å². The maximum Gasteiger partial charge on any atom is 0.416 e. The number of thiophene rings is 1. The summed E-state index contributed by atoms with van der Waals surface area (Å²) >= 11 is 1.51.